The van der Waals surface area contributed by atoms with Gasteiger partial charge in [0.25, 0.3) is 0 Å². The maximum absolute atomic E-state index is 12.1. The molecule has 1 heterocycles. The highest BCUT2D eigenvalue weighted by Gasteiger charge is 2.24. The van der Waals surface area contributed by atoms with E-state index in [1.807, 2.05) is 6.07 Å². The van der Waals surface area contributed by atoms with Crippen LogP contribution in [0, 0.1) is 5.41 Å². The summed E-state index contributed by atoms with van der Waals surface area (Å²) in [6.07, 6.45) is 4.28. The summed E-state index contributed by atoms with van der Waals surface area (Å²) in [5.41, 5.74) is 1.40. The average molecular weight is 311 g/mol. The predicted molar refractivity (Wildman–Crippen MR) is 89.8 cm³/mol. The summed E-state index contributed by atoms with van der Waals surface area (Å²) in [6.45, 7) is 6.09. The van der Waals surface area contributed by atoms with Crippen molar-refractivity contribution in [3.05, 3.63) is 35.9 Å². The smallest absolute Gasteiger partial charge is 0.237 e. The molecule has 0 spiro atoms. The number of carbonyl (C=O) groups excluding carboxylic acids is 1. The van der Waals surface area contributed by atoms with Crippen LogP contribution < -0.4 is 10.6 Å². The third-order valence-electron chi connectivity index (χ3n) is 3.89. The molecule has 0 bridgehead atoms. The second-order valence-electron chi connectivity index (χ2n) is 6.55. The number of nitrogens with one attached hydrogen (secondary N) is 2. The quantitative estimate of drug-likeness (QED) is 0.878. The maximum Gasteiger partial charge on any atom is 0.237 e. The van der Waals surface area contributed by atoms with E-state index in [1.54, 1.807) is 0 Å². The van der Waals surface area contributed by atoms with Gasteiger partial charge in [0.2, 0.25) is 5.91 Å². The van der Waals surface area contributed by atoms with E-state index in [2.05, 4.69) is 48.7 Å². The van der Waals surface area contributed by atoms with E-state index in [1.165, 1.54) is 12.0 Å². The summed E-state index contributed by atoms with van der Waals surface area (Å²) in [4.78, 5) is 12.1. The Morgan fingerprint density at radius 2 is 2.00 bits per heavy atom. The number of halogens is 1. The van der Waals surface area contributed by atoms with Gasteiger partial charge in [0.05, 0.1) is 6.04 Å². The van der Waals surface area contributed by atoms with Crippen molar-refractivity contribution in [2.24, 2.45) is 5.41 Å². The summed E-state index contributed by atoms with van der Waals surface area (Å²) >= 11 is 0. The number of piperidine rings is 1. The number of carbonyl (C=O) groups is 1. The molecule has 2 rings (SSSR count). The first-order valence-corrected chi connectivity index (χ1v) is 7.62. The van der Waals surface area contributed by atoms with Gasteiger partial charge < -0.3 is 10.6 Å². The van der Waals surface area contributed by atoms with Crippen LogP contribution in [-0.4, -0.2) is 25.0 Å². The molecular formula is C17H27ClN2O. The fourth-order valence-corrected chi connectivity index (χ4v) is 2.74. The zero-order chi connectivity index (χ0) is 14.4. The third kappa shape index (κ3) is 6.06. The number of amides is 1. The topological polar surface area (TPSA) is 41.1 Å². The van der Waals surface area contributed by atoms with Crippen molar-refractivity contribution in [1.82, 2.24) is 10.6 Å². The second-order valence-corrected chi connectivity index (χ2v) is 6.55. The summed E-state index contributed by atoms with van der Waals surface area (Å²) in [5.74, 6) is 0.158. The Morgan fingerprint density at radius 3 is 2.62 bits per heavy atom. The Labute approximate surface area is 134 Å². The van der Waals surface area contributed by atoms with E-state index in [0.29, 0.717) is 0 Å². The fraction of sp³-hybridized carbons (Fsp3) is 0.588. The zero-order valence-electron chi connectivity index (χ0n) is 13.0. The first kappa shape index (κ1) is 18.0. The van der Waals surface area contributed by atoms with E-state index in [0.717, 1.165) is 32.4 Å². The van der Waals surface area contributed by atoms with Crippen molar-refractivity contribution in [2.45, 2.75) is 45.6 Å². The van der Waals surface area contributed by atoms with Crippen molar-refractivity contribution < 1.29 is 4.79 Å². The highest BCUT2D eigenvalue weighted by atomic mass is 35.5. The number of hydrogen-bond donors (Lipinski definition) is 2. The van der Waals surface area contributed by atoms with E-state index in [-0.39, 0.29) is 29.8 Å². The van der Waals surface area contributed by atoms with Crippen LogP contribution in [0.15, 0.2) is 30.3 Å². The molecule has 0 radical (unpaired) electrons. The molecule has 1 aliphatic heterocycles. The second kappa shape index (κ2) is 8.40. The lowest BCUT2D eigenvalue weighted by molar-refractivity contribution is -0.124. The number of rotatable bonds is 5. The van der Waals surface area contributed by atoms with Crippen LogP contribution in [0.25, 0.3) is 0 Å². The molecule has 21 heavy (non-hydrogen) atoms. The van der Waals surface area contributed by atoms with Crippen LogP contribution >= 0.6 is 12.4 Å². The molecule has 0 saturated carbocycles. The first-order chi connectivity index (χ1) is 9.57. The zero-order valence-corrected chi connectivity index (χ0v) is 13.8. The molecule has 3 nitrogen and oxygen atoms in total. The lowest BCUT2D eigenvalue weighted by Crippen LogP contribution is -2.48. The van der Waals surface area contributed by atoms with Gasteiger partial charge >= 0.3 is 0 Å². The summed E-state index contributed by atoms with van der Waals surface area (Å²) in [5, 5.41) is 6.40. The highest BCUT2D eigenvalue weighted by Crippen LogP contribution is 2.21. The summed E-state index contributed by atoms with van der Waals surface area (Å²) in [6, 6.07) is 10.5. The molecule has 1 amide bonds. The first-order valence-electron chi connectivity index (χ1n) is 7.62. The van der Waals surface area contributed by atoms with Crippen molar-refractivity contribution in [3.63, 3.8) is 0 Å². The molecule has 0 aromatic heterocycles. The van der Waals surface area contributed by atoms with Gasteiger partial charge in [0.15, 0.2) is 0 Å². The van der Waals surface area contributed by atoms with Gasteiger partial charge in [-0.15, -0.1) is 12.4 Å². The molecule has 1 atom stereocenters. The largest absolute Gasteiger partial charge is 0.354 e. The Bertz CT molecular complexity index is 428. The molecule has 1 saturated heterocycles. The van der Waals surface area contributed by atoms with Crippen molar-refractivity contribution in [2.75, 3.05) is 13.1 Å². The normalized spacial score (nSPS) is 18.7. The SMILES string of the molecule is CC(C)(CNC(=O)C1CCCCN1)Cc1ccccc1.Cl. The van der Waals surface area contributed by atoms with Crippen molar-refractivity contribution in [1.29, 1.82) is 0 Å². The third-order valence-corrected chi connectivity index (χ3v) is 3.89. The highest BCUT2D eigenvalue weighted by molar-refractivity contribution is 5.85. The molecular weight excluding hydrogens is 284 g/mol. The van der Waals surface area contributed by atoms with Gasteiger partial charge in [0, 0.05) is 6.54 Å². The number of hydrogen-bond acceptors (Lipinski definition) is 2. The molecule has 4 heteroatoms. The van der Waals surface area contributed by atoms with Crippen LogP contribution in [0.2, 0.25) is 0 Å². The lowest BCUT2D eigenvalue weighted by Gasteiger charge is -2.28. The number of benzene rings is 1. The Morgan fingerprint density at radius 1 is 1.29 bits per heavy atom. The van der Waals surface area contributed by atoms with E-state index < -0.39 is 0 Å². The van der Waals surface area contributed by atoms with Crippen LogP contribution in [-0.2, 0) is 11.2 Å². The van der Waals surface area contributed by atoms with E-state index >= 15 is 0 Å². The van der Waals surface area contributed by atoms with E-state index in [4.69, 9.17) is 0 Å². The van der Waals surface area contributed by atoms with Crippen molar-refractivity contribution in [3.8, 4) is 0 Å². The van der Waals surface area contributed by atoms with Gasteiger partial charge in [-0.2, -0.15) is 0 Å². The molecule has 1 aromatic carbocycles. The monoisotopic (exact) mass is 310 g/mol. The Balaban J connectivity index is 0.00000220. The lowest BCUT2D eigenvalue weighted by atomic mass is 9.85. The minimum absolute atomic E-state index is 0. The molecule has 1 fully saturated rings. The van der Waals surface area contributed by atoms with Crippen LogP contribution in [0.3, 0.4) is 0 Å². The Kier molecular flexibility index (Phi) is 7.20. The minimum atomic E-state index is 0. The van der Waals surface area contributed by atoms with E-state index in [9.17, 15) is 4.79 Å². The van der Waals surface area contributed by atoms with Gasteiger partial charge in [-0.05, 0) is 36.8 Å². The van der Waals surface area contributed by atoms with Gasteiger partial charge in [-0.1, -0.05) is 50.6 Å². The van der Waals surface area contributed by atoms with Crippen LogP contribution in [0.4, 0.5) is 0 Å². The Hall–Kier alpha value is -1.06. The minimum Gasteiger partial charge on any atom is -0.354 e. The molecule has 1 unspecified atom stereocenters. The predicted octanol–water partition coefficient (Wildman–Crippen LogP) is 2.94. The summed E-state index contributed by atoms with van der Waals surface area (Å²) < 4.78 is 0. The van der Waals surface area contributed by atoms with Crippen molar-refractivity contribution >= 4 is 18.3 Å². The molecule has 0 aliphatic carbocycles. The maximum atomic E-state index is 12.1. The van der Waals surface area contributed by atoms with Crippen LogP contribution in [0.1, 0.15) is 38.7 Å². The van der Waals surface area contributed by atoms with Gasteiger partial charge in [0.1, 0.15) is 0 Å². The molecule has 118 valence electrons. The van der Waals surface area contributed by atoms with Gasteiger partial charge in [-0.25, -0.2) is 0 Å². The average Bonchev–Trinajstić information content (AvgIpc) is 2.46. The molecule has 1 aliphatic rings. The van der Waals surface area contributed by atoms with Crippen LogP contribution in [0.5, 0.6) is 0 Å². The fourth-order valence-electron chi connectivity index (χ4n) is 2.74. The molecule has 1 aromatic rings. The standard InChI is InChI=1S/C17H26N2O.ClH/c1-17(2,12-14-8-4-3-5-9-14)13-19-16(20)15-10-6-7-11-18-15;/h3-5,8-9,15,18H,6-7,10-13H2,1-2H3,(H,19,20);1H. The molecule has 2 N–H and O–H groups in total. The van der Waals surface area contributed by atoms with Gasteiger partial charge in [-0.3, -0.25) is 4.79 Å². The summed E-state index contributed by atoms with van der Waals surface area (Å²) in [7, 11) is 0.